The fraction of sp³-hybridized carbons (Fsp3) is 0.892. The summed E-state index contributed by atoms with van der Waals surface area (Å²) < 4.78 is 37.3. The first-order valence-electron chi connectivity index (χ1n) is 18.6. The van der Waals surface area contributed by atoms with Crippen molar-refractivity contribution in [1.82, 2.24) is 0 Å². The Morgan fingerprint density at radius 3 is 2.18 bits per heavy atom. The van der Waals surface area contributed by atoms with Crippen LogP contribution in [0, 0.1) is 63.6 Å². The van der Waals surface area contributed by atoms with Crippen LogP contribution >= 0.6 is 0 Å². The van der Waals surface area contributed by atoms with Gasteiger partial charge in [0, 0.05) is 60.8 Å². The predicted octanol–water partition coefficient (Wildman–Crippen LogP) is 0.837. The summed E-state index contributed by atoms with van der Waals surface area (Å²) in [6, 6.07) is -0.853. The topological polar surface area (TPSA) is 217 Å². The van der Waals surface area contributed by atoms with Crippen molar-refractivity contribution in [2.24, 2.45) is 69.3 Å². The minimum atomic E-state index is -2.10. The molecule has 14 heteroatoms. The number of carbonyl (C=O) groups excluding carboxylic acids is 4. The number of aliphatic hydroxyl groups excluding tert-OH is 2. The molecule has 0 radical (unpaired) electrons. The highest BCUT2D eigenvalue weighted by molar-refractivity contribution is 5.84. The number of carbonyl (C=O) groups is 4. The molecule has 0 aromatic heterocycles. The van der Waals surface area contributed by atoms with Crippen LogP contribution in [0.5, 0.6) is 0 Å². The monoisotopic (exact) mass is 719 g/mol. The molecule has 8 fully saturated rings. The van der Waals surface area contributed by atoms with E-state index >= 15 is 0 Å². The van der Waals surface area contributed by atoms with Gasteiger partial charge in [-0.2, -0.15) is 0 Å². The molecule has 3 aliphatic heterocycles. The third-order valence-corrected chi connectivity index (χ3v) is 15.6. The molecule has 2 unspecified atom stereocenters. The van der Waals surface area contributed by atoms with Crippen LogP contribution in [0.15, 0.2) is 0 Å². The molecule has 3 saturated heterocycles. The van der Waals surface area contributed by atoms with E-state index in [1.807, 2.05) is 34.6 Å². The first-order chi connectivity index (χ1) is 23.6. The van der Waals surface area contributed by atoms with Crippen molar-refractivity contribution < 1.29 is 62.9 Å². The van der Waals surface area contributed by atoms with E-state index in [0.717, 1.165) is 0 Å². The lowest BCUT2D eigenvalue weighted by atomic mass is 9.40. The lowest BCUT2D eigenvalue weighted by molar-refractivity contribution is -0.284. The Kier molecular flexibility index (Phi) is 7.45. The van der Waals surface area contributed by atoms with Crippen LogP contribution < -0.4 is 5.73 Å². The Hall–Kier alpha value is -2.36. The van der Waals surface area contributed by atoms with Crippen LogP contribution in [-0.4, -0.2) is 105 Å². The number of fused-ring (bicyclic) bond motifs is 9. The van der Waals surface area contributed by atoms with Crippen molar-refractivity contribution in [3.05, 3.63) is 0 Å². The van der Waals surface area contributed by atoms with Crippen molar-refractivity contribution in [3.8, 4) is 0 Å². The summed E-state index contributed by atoms with van der Waals surface area (Å²) in [6.07, 6.45) is -6.58. The summed E-state index contributed by atoms with van der Waals surface area (Å²) >= 11 is 0. The third-order valence-electron chi connectivity index (χ3n) is 15.6. The van der Waals surface area contributed by atoms with Crippen LogP contribution in [0.25, 0.3) is 0 Å². The molecular formula is C37H53NO13. The van der Waals surface area contributed by atoms with Crippen molar-refractivity contribution in [1.29, 1.82) is 0 Å². The number of hydrogen-bond acceptors (Lipinski definition) is 14. The molecule has 5 N–H and O–H groups in total. The maximum absolute atomic E-state index is 13.9. The number of rotatable bonds is 5. The number of esters is 4. The van der Waals surface area contributed by atoms with Gasteiger partial charge in [-0.15, -0.1) is 0 Å². The molecule has 284 valence electrons. The molecule has 1 spiro atoms. The van der Waals surface area contributed by atoms with E-state index in [4.69, 9.17) is 34.2 Å². The van der Waals surface area contributed by atoms with Gasteiger partial charge in [0.25, 0.3) is 0 Å². The molecule has 21 atom stereocenters. The zero-order valence-corrected chi connectivity index (χ0v) is 30.7. The predicted molar refractivity (Wildman–Crippen MR) is 172 cm³/mol. The third kappa shape index (κ3) is 4.10. The molecule has 0 aromatic carbocycles. The van der Waals surface area contributed by atoms with Crippen molar-refractivity contribution >= 4 is 23.9 Å². The van der Waals surface area contributed by atoms with Crippen LogP contribution in [-0.2, 0) is 47.6 Å². The summed E-state index contributed by atoms with van der Waals surface area (Å²) in [5.74, 6) is -9.12. The molecule has 8 rings (SSSR count). The normalized spacial score (nSPS) is 58.4. The van der Waals surface area contributed by atoms with Crippen LogP contribution in [0.2, 0.25) is 0 Å². The molecular weight excluding hydrogens is 666 g/mol. The molecule has 0 amide bonds. The second-order valence-corrected chi connectivity index (χ2v) is 18.3. The van der Waals surface area contributed by atoms with E-state index in [-0.39, 0.29) is 18.4 Å². The molecule has 5 saturated carbocycles. The number of ether oxygens (including phenoxy) is 6. The molecule has 51 heavy (non-hydrogen) atoms. The highest BCUT2D eigenvalue weighted by atomic mass is 16.8. The SMILES string of the molecule is CC(=O)O[C@H]1C2C([C@@H](O)[C@H](N)[C@H]3C[C@@H]4O[C@@H]4[C@H](O)[C@]23C)[C@@H]2[C@@H](OC(=O)CC(C)C)[C@@H]3[C@H]([C@H](C)[C@H]4O[C@]45OC(=O)[C@@](C)(O)[C@]35C)[C@@]2(C)[C@H]1OC(C)=O. The zero-order chi connectivity index (χ0) is 37.3. The first kappa shape index (κ1) is 35.7. The fourth-order valence-corrected chi connectivity index (χ4v) is 13.5. The minimum Gasteiger partial charge on any atom is -0.462 e. The maximum atomic E-state index is 13.9. The lowest BCUT2D eigenvalue weighted by Gasteiger charge is -2.67. The van der Waals surface area contributed by atoms with Gasteiger partial charge in [0.1, 0.15) is 30.5 Å². The van der Waals surface area contributed by atoms with Gasteiger partial charge >= 0.3 is 23.9 Å². The van der Waals surface area contributed by atoms with Crippen molar-refractivity contribution in [2.75, 3.05) is 0 Å². The summed E-state index contributed by atoms with van der Waals surface area (Å²) in [5, 5.41) is 36.8. The van der Waals surface area contributed by atoms with Gasteiger partial charge in [0.15, 0.2) is 5.60 Å². The number of aliphatic hydroxyl groups is 3. The maximum Gasteiger partial charge on any atom is 0.341 e. The van der Waals surface area contributed by atoms with Crippen molar-refractivity contribution in [3.63, 3.8) is 0 Å². The summed E-state index contributed by atoms with van der Waals surface area (Å²) in [6.45, 7) is 15.1. The van der Waals surface area contributed by atoms with E-state index in [1.165, 1.54) is 20.8 Å². The standard InChI is InChI=1S/C37H53NO13/c1-12(2)10-18(41)49-27-21-19-22(33(6)16(24(38)25(19)42)11-17-26(48-17)29(33)43)28(46-14(4)39)31(47-15(5)40)34(21,7)20-13(3)30-37(50-30)35(8,23(20)27)36(9,45)32(44)51-37/h12-13,16-17,19-31,42-43,45H,10-11,38H2,1-9H3/t13-,16+,17-,19?,20-,21+,22?,23-,24+,25+,26-,27+,28-,29-,30+,31-,33-,34+,35-,36+,37-/m0/s1. The zero-order valence-electron chi connectivity index (χ0n) is 30.7. The average molecular weight is 720 g/mol. The second kappa shape index (κ2) is 10.7. The van der Waals surface area contributed by atoms with Gasteiger partial charge < -0.3 is 49.5 Å². The van der Waals surface area contributed by atoms with E-state index in [0.29, 0.717) is 6.42 Å². The quantitative estimate of drug-likeness (QED) is 0.176. The number of hydrogen-bond donors (Lipinski definition) is 4. The molecule has 0 aromatic rings. The Balaban J connectivity index is 1.41. The van der Waals surface area contributed by atoms with Gasteiger partial charge in [-0.1, -0.05) is 34.6 Å². The Labute approximate surface area is 297 Å². The van der Waals surface area contributed by atoms with E-state index in [1.54, 1.807) is 6.92 Å². The summed E-state index contributed by atoms with van der Waals surface area (Å²) in [4.78, 5) is 53.8. The molecule has 3 heterocycles. The lowest BCUT2D eigenvalue weighted by Crippen LogP contribution is -2.76. The molecule has 5 aliphatic carbocycles. The number of epoxide rings is 2. The van der Waals surface area contributed by atoms with Crippen LogP contribution in [0.4, 0.5) is 0 Å². The van der Waals surface area contributed by atoms with Crippen LogP contribution in [0.1, 0.15) is 75.2 Å². The van der Waals surface area contributed by atoms with Gasteiger partial charge in [-0.05, 0) is 43.9 Å². The first-order valence-corrected chi connectivity index (χ1v) is 18.6. The van der Waals surface area contributed by atoms with E-state index in [2.05, 4.69) is 0 Å². The summed E-state index contributed by atoms with van der Waals surface area (Å²) in [5.41, 5.74) is 1.08. The second-order valence-electron chi connectivity index (χ2n) is 18.3. The Morgan fingerprint density at radius 2 is 1.57 bits per heavy atom. The highest BCUT2D eigenvalue weighted by Crippen LogP contribution is 2.81. The molecule has 8 aliphatic rings. The van der Waals surface area contributed by atoms with E-state index in [9.17, 15) is 34.5 Å². The van der Waals surface area contributed by atoms with Gasteiger partial charge in [-0.3, -0.25) is 14.4 Å². The highest BCUT2D eigenvalue weighted by Gasteiger charge is 2.93. The fourth-order valence-electron chi connectivity index (χ4n) is 13.5. The smallest absolute Gasteiger partial charge is 0.341 e. The van der Waals surface area contributed by atoms with Gasteiger partial charge in [0.05, 0.1) is 23.7 Å². The molecule has 14 nitrogen and oxygen atoms in total. The minimum absolute atomic E-state index is 0.0672. The van der Waals surface area contributed by atoms with Gasteiger partial charge in [-0.25, -0.2) is 4.79 Å². The van der Waals surface area contributed by atoms with Crippen LogP contribution in [0.3, 0.4) is 0 Å². The average Bonchev–Trinajstić information content (AvgIpc) is 3.92. The Morgan fingerprint density at radius 1 is 0.941 bits per heavy atom. The van der Waals surface area contributed by atoms with Gasteiger partial charge in [0.2, 0.25) is 5.79 Å². The molecule has 0 bridgehead atoms. The largest absolute Gasteiger partial charge is 0.462 e. The van der Waals surface area contributed by atoms with E-state index < -0.39 is 142 Å². The summed E-state index contributed by atoms with van der Waals surface area (Å²) in [7, 11) is 0. The number of nitrogens with two attached hydrogens (primary N) is 1. The Bertz CT molecular complexity index is 1570. The van der Waals surface area contributed by atoms with Crippen molar-refractivity contribution in [2.45, 2.75) is 141 Å².